The number of halogens is 2. The van der Waals surface area contributed by atoms with Gasteiger partial charge in [-0.2, -0.15) is 0 Å². The third-order valence-electron chi connectivity index (χ3n) is 2.45. The molecule has 1 aromatic carbocycles. The minimum absolute atomic E-state index is 0.179. The molecule has 1 heterocycles. The Labute approximate surface area is 106 Å². The lowest BCUT2D eigenvalue weighted by Gasteiger charge is -2.13. The number of benzene rings is 1. The van der Waals surface area contributed by atoms with E-state index in [0.717, 1.165) is 23.0 Å². The molecule has 0 fully saturated rings. The summed E-state index contributed by atoms with van der Waals surface area (Å²) in [5.41, 5.74) is 3.91. The summed E-state index contributed by atoms with van der Waals surface area (Å²) in [6.07, 6.45) is 0.845. The first kappa shape index (κ1) is 11.7. The summed E-state index contributed by atoms with van der Waals surface area (Å²) in [6, 6.07) is 6.78. The SMILES string of the molecule is Fc1cccc(C(CBr)Cc2cscn2)c1. The minimum Gasteiger partial charge on any atom is -0.250 e. The van der Waals surface area contributed by atoms with Crippen LogP contribution in [-0.4, -0.2) is 10.3 Å². The highest BCUT2D eigenvalue weighted by Gasteiger charge is 2.12. The molecule has 2 rings (SSSR count). The number of thiazole rings is 1. The Morgan fingerprint density at radius 3 is 2.94 bits per heavy atom. The molecule has 0 aliphatic carbocycles. The van der Waals surface area contributed by atoms with Crippen molar-refractivity contribution in [2.24, 2.45) is 0 Å². The second-order valence-electron chi connectivity index (χ2n) is 3.59. The van der Waals surface area contributed by atoms with Gasteiger partial charge < -0.3 is 0 Å². The van der Waals surface area contributed by atoms with Gasteiger partial charge in [0.15, 0.2) is 0 Å². The lowest BCUT2D eigenvalue weighted by molar-refractivity contribution is 0.621. The van der Waals surface area contributed by atoms with Crippen molar-refractivity contribution in [2.75, 3.05) is 5.33 Å². The Morgan fingerprint density at radius 2 is 2.31 bits per heavy atom. The monoisotopic (exact) mass is 299 g/mol. The van der Waals surface area contributed by atoms with Crippen molar-refractivity contribution in [1.29, 1.82) is 0 Å². The van der Waals surface area contributed by atoms with Crippen molar-refractivity contribution < 1.29 is 4.39 Å². The third-order valence-corrected chi connectivity index (χ3v) is 3.86. The number of alkyl halides is 1. The fourth-order valence-electron chi connectivity index (χ4n) is 1.61. The molecule has 1 nitrogen and oxygen atoms in total. The van der Waals surface area contributed by atoms with Crippen molar-refractivity contribution in [3.63, 3.8) is 0 Å². The van der Waals surface area contributed by atoms with E-state index in [-0.39, 0.29) is 11.7 Å². The molecule has 0 aliphatic rings. The molecule has 0 bridgehead atoms. The zero-order valence-electron chi connectivity index (χ0n) is 8.57. The number of hydrogen-bond acceptors (Lipinski definition) is 2. The molecular formula is C12H11BrFNS. The van der Waals surface area contributed by atoms with Gasteiger partial charge in [0.2, 0.25) is 0 Å². The smallest absolute Gasteiger partial charge is 0.123 e. The van der Waals surface area contributed by atoms with Crippen LogP contribution in [0.2, 0.25) is 0 Å². The molecule has 0 aliphatic heterocycles. The van der Waals surface area contributed by atoms with Crippen molar-refractivity contribution in [3.8, 4) is 0 Å². The number of nitrogens with zero attached hydrogens (tertiary/aromatic N) is 1. The highest BCUT2D eigenvalue weighted by molar-refractivity contribution is 9.09. The van der Waals surface area contributed by atoms with E-state index in [2.05, 4.69) is 20.9 Å². The molecule has 0 saturated carbocycles. The molecule has 84 valence electrons. The predicted molar refractivity (Wildman–Crippen MR) is 68.8 cm³/mol. The normalized spacial score (nSPS) is 12.6. The van der Waals surface area contributed by atoms with Gasteiger partial charge in [0.1, 0.15) is 5.82 Å². The summed E-state index contributed by atoms with van der Waals surface area (Å²) in [5, 5.41) is 2.85. The second kappa shape index (κ2) is 5.55. The van der Waals surface area contributed by atoms with E-state index in [9.17, 15) is 4.39 Å². The molecule has 16 heavy (non-hydrogen) atoms. The van der Waals surface area contributed by atoms with E-state index in [4.69, 9.17) is 0 Å². The fraction of sp³-hybridized carbons (Fsp3) is 0.250. The lowest BCUT2D eigenvalue weighted by Crippen LogP contribution is -2.05. The van der Waals surface area contributed by atoms with Gasteiger partial charge in [-0.1, -0.05) is 28.1 Å². The summed E-state index contributed by atoms with van der Waals surface area (Å²) in [7, 11) is 0. The van der Waals surface area contributed by atoms with Crippen LogP contribution in [0.5, 0.6) is 0 Å². The van der Waals surface area contributed by atoms with Gasteiger partial charge in [0.25, 0.3) is 0 Å². The van der Waals surface area contributed by atoms with E-state index < -0.39 is 0 Å². The molecule has 2 aromatic rings. The van der Waals surface area contributed by atoms with Crippen molar-refractivity contribution in [2.45, 2.75) is 12.3 Å². The quantitative estimate of drug-likeness (QED) is 0.778. The van der Waals surface area contributed by atoms with Crippen LogP contribution in [0.15, 0.2) is 35.2 Å². The second-order valence-corrected chi connectivity index (χ2v) is 4.96. The summed E-state index contributed by atoms with van der Waals surface area (Å²) in [4.78, 5) is 4.26. The van der Waals surface area contributed by atoms with Gasteiger partial charge in [-0.3, -0.25) is 0 Å². The van der Waals surface area contributed by atoms with E-state index in [1.54, 1.807) is 23.5 Å². The van der Waals surface area contributed by atoms with Crippen molar-refractivity contribution in [3.05, 3.63) is 52.2 Å². The van der Waals surface area contributed by atoms with Crippen LogP contribution in [0, 0.1) is 5.82 Å². The lowest BCUT2D eigenvalue weighted by atomic mass is 9.96. The maximum atomic E-state index is 13.1. The summed E-state index contributed by atoms with van der Waals surface area (Å²) < 4.78 is 13.1. The van der Waals surface area contributed by atoms with Crippen LogP contribution < -0.4 is 0 Å². The molecule has 0 amide bonds. The van der Waals surface area contributed by atoms with Crippen LogP contribution >= 0.6 is 27.3 Å². The van der Waals surface area contributed by atoms with E-state index in [1.807, 2.05) is 17.0 Å². The minimum atomic E-state index is -0.179. The maximum absolute atomic E-state index is 13.1. The fourth-order valence-corrected chi connectivity index (χ4v) is 2.79. The largest absolute Gasteiger partial charge is 0.250 e. The third kappa shape index (κ3) is 2.89. The standard InChI is InChI=1S/C12H11BrFNS/c13-6-10(5-12-7-16-8-15-12)9-2-1-3-11(14)4-9/h1-4,7-8,10H,5-6H2. The predicted octanol–water partition coefficient (Wildman–Crippen LogP) is 4.00. The Bertz CT molecular complexity index is 444. The molecule has 0 radical (unpaired) electrons. The molecule has 1 unspecified atom stereocenters. The van der Waals surface area contributed by atoms with Gasteiger partial charge in [-0.15, -0.1) is 11.3 Å². The molecule has 0 saturated heterocycles. The van der Waals surface area contributed by atoms with Gasteiger partial charge >= 0.3 is 0 Å². The number of hydrogen-bond donors (Lipinski definition) is 0. The van der Waals surface area contributed by atoms with Gasteiger partial charge in [-0.25, -0.2) is 9.37 Å². The average Bonchev–Trinajstić information content (AvgIpc) is 2.78. The maximum Gasteiger partial charge on any atom is 0.123 e. The van der Waals surface area contributed by atoms with Gasteiger partial charge in [-0.05, 0) is 30.0 Å². The first-order valence-corrected chi connectivity index (χ1v) is 7.04. The van der Waals surface area contributed by atoms with Crippen molar-refractivity contribution >= 4 is 27.3 Å². The zero-order valence-corrected chi connectivity index (χ0v) is 11.0. The first-order valence-electron chi connectivity index (χ1n) is 4.98. The molecule has 4 heteroatoms. The van der Waals surface area contributed by atoms with Crippen molar-refractivity contribution in [1.82, 2.24) is 4.98 Å². The zero-order chi connectivity index (χ0) is 11.4. The van der Waals surface area contributed by atoms with Crippen LogP contribution in [0.25, 0.3) is 0 Å². The Balaban J connectivity index is 2.16. The van der Waals surface area contributed by atoms with E-state index >= 15 is 0 Å². The molecule has 1 atom stereocenters. The Morgan fingerprint density at radius 1 is 1.44 bits per heavy atom. The molecule has 0 N–H and O–H groups in total. The highest BCUT2D eigenvalue weighted by atomic mass is 79.9. The Kier molecular flexibility index (Phi) is 4.07. The van der Waals surface area contributed by atoms with Crippen LogP contribution in [0.4, 0.5) is 4.39 Å². The van der Waals surface area contributed by atoms with Crippen LogP contribution in [0.1, 0.15) is 17.2 Å². The van der Waals surface area contributed by atoms with Crippen LogP contribution in [0.3, 0.4) is 0 Å². The van der Waals surface area contributed by atoms with Crippen LogP contribution in [-0.2, 0) is 6.42 Å². The average molecular weight is 300 g/mol. The summed E-state index contributed by atoms with van der Waals surface area (Å²) in [5.74, 6) is 0.0968. The van der Waals surface area contributed by atoms with E-state index in [1.165, 1.54) is 6.07 Å². The van der Waals surface area contributed by atoms with Gasteiger partial charge in [0, 0.05) is 10.7 Å². The molecule has 1 aromatic heterocycles. The number of rotatable bonds is 4. The Hall–Kier alpha value is -0.740. The molecule has 0 spiro atoms. The summed E-state index contributed by atoms with van der Waals surface area (Å²) >= 11 is 5.07. The number of aromatic nitrogens is 1. The highest BCUT2D eigenvalue weighted by Crippen LogP contribution is 2.23. The topological polar surface area (TPSA) is 12.9 Å². The van der Waals surface area contributed by atoms with Gasteiger partial charge in [0.05, 0.1) is 11.2 Å². The molecular weight excluding hydrogens is 289 g/mol. The first-order chi connectivity index (χ1) is 7.79. The summed E-state index contributed by atoms with van der Waals surface area (Å²) in [6.45, 7) is 0. The van der Waals surface area contributed by atoms with E-state index in [0.29, 0.717) is 0 Å².